The minimum absolute atomic E-state index is 0.182. The number of urea groups is 1. The molecule has 0 saturated carbocycles. The lowest BCUT2D eigenvalue weighted by Gasteiger charge is -2.27. The topological polar surface area (TPSA) is 161 Å². The van der Waals surface area contributed by atoms with E-state index < -0.39 is 36.3 Å². The van der Waals surface area contributed by atoms with E-state index in [1.807, 2.05) is 39.0 Å². The highest BCUT2D eigenvalue weighted by atomic mass is 16.4. The standard InChI is InChI=1S/C31H37N5O7/c1-21(2)12-15-35(28(38)19-36(16-13-29(39)40)30(41)23-14-17-43-20-23)18-27(37)32-24-8-10-25(11-9-24)33-31(42)34-26-7-5-4-6-22(26)3/h4-11,14,17,20-21H,12-13,15-16,18-19H2,1-3H3,(H,32,37)(H,39,40)(H2,33,34,42). The SMILES string of the molecule is Cc1ccccc1NC(=O)Nc1ccc(NC(=O)CN(CCC(C)C)C(=O)CN(CCC(=O)O)C(=O)c2ccoc2)cc1. The van der Waals surface area contributed by atoms with Crippen molar-refractivity contribution in [3.05, 3.63) is 78.3 Å². The second-order valence-corrected chi connectivity index (χ2v) is 10.4. The number of rotatable bonds is 14. The van der Waals surface area contributed by atoms with E-state index in [4.69, 9.17) is 9.52 Å². The van der Waals surface area contributed by atoms with E-state index in [2.05, 4.69) is 16.0 Å². The maximum atomic E-state index is 13.3. The zero-order chi connectivity index (χ0) is 31.4. The smallest absolute Gasteiger partial charge is 0.323 e. The fourth-order valence-corrected chi connectivity index (χ4v) is 4.03. The van der Waals surface area contributed by atoms with Crippen molar-refractivity contribution in [1.82, 2.24) is 9.80 Å². The van der Waals surface area contributed by atoms with Gasteiger partial charge in [0.05, 0.1) is 24.8 Å². The van der Waals surface area contributed by atoms with E-state index in [0.29, 0.717) is 23.5 Å². The quantitative estimate of drug-likeness (QED) is 0.212. The summed E-state index contributed by atoms with van der Waals surface area (Å²) >= 11 is 0. The van der Waals surface area contributed by atoms with Crippen molar-refractivity contribution in [2.24, 2.45) is 5.92 Å². The van der Waals surface area contributed by atoms with Crippen LogP contribution in [-0.2, 0) is 14.4 Å². The van der Waals surface area contributed by atoms with Gasteiger partial charge in [0.25, 0.3) is 5.91 Å². The lowest BCUT2D eigenvalue weighted by atomic mass is 10.1. The first-order valence-electron chi connectivity index (χ1n) is 13.9. The number of para-hydroxylation sites is 1. The van der Waals surface area contributed by atoms with E-state index >= 15 is 0 Å². The number of carbonyl (C=O) groups is 5. The van der Waals surface area contributed by atoms with Crippen LogP contribution in [0.25, 0.3) is 0 Å². The first kappa shape index (κ1) is 32.4. The van der Waals surface area contributed by atoms with Crippen LogP contribution in [0, 0.1) is 12.8 Å². The molecule has 43 heavy (non-hydrogen) atoms. The lowest BCUT2D eigenvalue weighted by Crippen LogP contribution is -2.46. The summed E-state index contributed by atoms with van der Waals surface area (Å²) in [5.74, 6) is -2.35. The number of anilines is 3. The van der Waals surface area contributed by atoms with E-state index in [-0.39, 0.29) is 37.5 Å². The highest BCUT2D eigenvalue weighted by Crippen LogP contribution is 2.17. The number of furan rings is 1. The number of hydrogen-bond donors (Lipinski definition) is 4. The number of carbonyl (C=O) groups excluding carboxylic acids is 4. The minimum Gasteiger partial charge on any atom is -0.481 e. The van der Waals surface area contributed by atoms with E-state index in [1.54, 1.807) is 30.3 Å². The fourth-order valence-electron chi connectivity index (χ4n) is 4.03. The summed E-state index contributed by atoms with van der Waals surface area (Å²) in [6, 6.07) is 14.9. The van der Waals surface area contributed by atoms with Gasteiger partial charge in [-0.25, -0.2) is 4.79 Å². The molecular formula is C31H37N5O7. The third-order valence-electron chi connectivity index (χ3n) is 6.46. The Hall–Kier alpha value is -5.13. The highest BCUT2D eigenvalue weighted by Gasteiger charge is 2.25. The van der Waals surface area contributed by atoms with Crippen LogP contribution >= 0.6 is 0 Å². The van der Waals surface area contributed by atoms with Crippen molar-refractivity contribution in [3.8, 4) is 0 Å². The summed E-state index contributed by atoms with van der Waals surface area (Å²) in [6.07, 6.45) is 2.81. The number of aryl methyl sites for hydroxylation is 1. The van der Waals surface area contributed by atoms with Crippen LogP contribution in [0.2, 0.25) is 0 Å². The molecule has 0 bridgehead atoms. The molecule has 4 N–H and O–H groups in total. The van der Waals surface area contributed by atoms with Crippen LogP contribution in [0.1, 0.15) is 42.6 Å². The van der Waals surface area contributed by atoms with Crippen molar-refractivity contribution < 1.29 is 33.5 Å². The monoisotopic (exact) mass is 591 g/mol. The Labute approximate surface area is 250 Å². The van der Waals surface area contributed by atoms with Gasteiger partial charge < -0.3 is 35.3 Å². The maximum Gasteiger partial charge on any atom is 0.323 e. The summed E-state index contributed by atoms with van der Waals surface area (Å²) in [7, 11) is 0. The molecule has 0 aliphatic carbocycles. The summed E-state index contributed by atoms with van der Waals surface area (Å²) in [4.78, 5) is 65.2. The zero-order valence-corrected chi connectivity index (χ0v) is 24.5. The predicted molar refractivity (Wildman–Crippen MR) is 162 cm³/mol. The molecule has 3 aromatic rings. The molecule has 0 aliphatic rings. The van der Waals surface area contributed by atoms with Crippen LogP contribution in [-0.4, -0.2) is 70.8 Å². The molecule has 5 amide bonds. The van der Waals surface area contributed by atoms with Gasteiger partial charge in [0.15, 0.2) is 0 Å². The van der Waals surface area contributed by atoms with Gasteiger partial charge in [-0.05, 0) is 61.2 Å². The van der Waals surface area contributed by atoms with E-state index in [9.17, 15) is 24.0 Å². The summed E-state index contributed by atoms with van der Waals surface area (Å²) in [5.41, 5.74) is 2.78. The number of nitrogens with zero attached hydrogens (tertiary/aromatic N) is 2. The molecule has 1 aromatic heterocycles. The Balaban J connectivity index is 1.61. The Kier molecular flexibility index (Phi) is 11.9. The summed E-state index contributed by atoms with van der Waals surface area (Å²) in [5, 5.41) is 17.4. The second kappa shape index (κ2) is 15.8. The van der Waals surface area contributed by atoms with Gasteiger partial charge in [-0.1, -0.05) is 32.0 Å². The van der Waals surface area contributed by atoms with Crippen molar-refractivity contribution >= 4 is 46.8 Å². The molecule has 0 spiro atoms. The van der Waals surface area contributed by atoms with Gasteiger partial charge in [0, 0.05) is 30.2 Å². The molecule has 228 valence electrons. The molecule has 0 saturated heterocycles. The Morgan fingerprint density at radius 3 is 2.12 bits per heavy atom. The number of benzene rings is 2. The van der Waals surface area contributed by atoms with Crippen LogP contribution in [0.3, 0.4) is 0 Å². The number of hydrogen-bond acceptors (Lipinski definition) is 6. The number of aliphatic carboxylic acids is 1. The molecule has 0 atom stereocenters. The number of carboxylic acids is 1. The molecule has 12 nitrogen and oxygen atoms in total. The van der Waals surface area contributed by atoms with Crippen LogP contribution < -0.4 is 16.0 Å². The predicted octanol–water partition coefficient (Wildman–Crippen LogP) is 4.66. The summed E-state index contributed by atoms with van der Waals surface area (Å²) < 4.78 is 4.96. The van der Waals surface area contributed by atoms with Crippen molar-refractivity contribution in [1.29, 1.82) is 0 Å². The largest absolute Gasteiger partial charge is 0.481 e. The van der Waals surface area contributed by atoms with Gasteiger partial charge >= 0.3 is 12.0 Å². The molecular weight excluding hydrogens is 554 g/mol. The van der Waals surface area contributed by atoms with Crippen LogP contribution in [0.5, 0.6) is 0 Å². The average Bonchev–Trinajstić information content (AvgIpc) is 3.50. The Morgan fingerprint density at radius 2 is 1.51 bits per heavy atom. The Bertz CT molecular complexity index is 1400. The molecule has 0 radical (unpaired) electrons. The second-order valence-electron chi connectivity index (χ2n) is 10.4. The van der Waals surface area contributed by atoms with Crippen molar-refractivity contribution in [2.45, 2.75) is 33.6 Å². The normalized spacial score (nSPS) is 10.6. The molecule has 3 rings (SSSR count). The lowest BCUT2D eigenvalue weighted by molar-refractivity contribution is -0.138. The number of carboxylic acid groups (broad SMARTS) is 1. The van der Waals surface area contributed by atoms with Crippen LogP contribution in [0.4, 0.5) is 21.9 Å². The molecule has 1 heterocycles. The molecule has 0 unspecified atom stereocenters. The molecule has 0 fully saturated rings. The first-order chi connectivity index (χ1) is 20.5. The van der Waals surface area contributed by atoms with Crippen molar-refractivity contribution in [3.63, 3.8) is 0 Å². The molecule has 12 heteroatoms. The minimum atomic E-state index is -1.11. The Morgan fingerprint density at radius 1 is 0.837 bits per heavy atom. The zero-order valence-electron chi connectivity index (χ0n) is 24.5. The van der Waals surface area contributed by atoms with Crippen LogP contribution in [0.15, 0.2) is 71.5 Å². The van der Waals surface area contributed by atoms with E-state index in [0.717, 1.165) is 10.5 Å². The van der Waals surface area contributed by atoms with E-state index in [1.165, 1.54) is 23.5 Å². The van der Waals surface area contributed by atoms with Gasteiger partial charge in [-0.3, -0.25) is 19.2 Å². The fraction of sp³-hybridized carbons (Fsp3) is 0.323. The number of nitrogens with one attached hydrogen (secondary N) is 3. The number of amides is 5. The summed E-state index contributed by atoms with van der Waals surface area (Å²) in [6.45, 7) is 5.29. The van der Waals surface area contributed by atoms with Gasteiger partial charge in [-0.15, -0.1) is 0 Å². The first-order valence-corrected chi connectivity index (χ1v) is 13.9. The third-order valence-corrected chi connectivity index (χ3v) is 6.46. The van der Waals surface area contributed by atoms with Gasteiger partial charge in [0.1, 0.15) is 12.8 Å². The average molecular weight is 592 g/mol. The molecule has 0 aliphatic heterocycles. The van der Waals surface area contributed by atoms with Gasteiger partial charge in [-0.2, -0.15) is 0 Å². The highest BCUT2D eigenvalue weighted by molar-refractivity contribution is 6.01. The maximum absolute atomic E-state index is 13.3. The van der Waals surface area contributed by atoms with Gasteiger partial charge in [0.2, 0.25) is 11.8 Å². The molecule has 2 aromatic carbocycles. The van der Waals surface area contributed by atoms with Crippen molar-refractivity contribution in [2.75, 3.05) is 42.1 Å². The third kappa shape index (κ3) is 10.7.